The van der Waals surface area contributed by atoms with E-state index in [-0.39, 0.29) is 12.1 Å². The van der Waals surface area contributed by atoms with Gasteiger partial charge in [0.25, 0.3) is 0 Å². The lowest BCUT2D eigenvalue weighted by atomic mass is 10.0. The van der Waals surface area contributed by atoms with Crippen LogP contribution in [-0.2, 0) is 6.54 Å². The fraction of sp³-hybridized carbons (Fsp3) is 0.333. The molecule has 0 aliphatic heterocycles. The van der Waals surface area contributed by atoms with Crippen LogP contribution >= 0.6 is 0 Å². The largest absolute Gasteiger partial charge is 0.469 e. The molecule has 0 amide bonds. The molecule has 0 bridgehead atoms. The number of benzene rings is 1. The van der Waals surface area contributed by atoms with Gasteiger partial charge in [0.05, 0.1) is 12.3 Å². The molecule has 20 heavy (non-hydrogen) atoms. The molecule has 0 aliphatic carbocycles. The van der Waals surface area contributed by atoms with Crippen LogP contribution in [0.25, 0.3) is 0 Å². The van der Waals surface area contributed by atoms with Crippen molar-refractivity contribution in [2.75, 3.05) is 13.6 Å². The van der Waals surface area contributed by atoms with E-state index in [9.17, 15) is 8.78 Å². The number of rotatable bonds is 5. The van der Waals surface area contributed by atoms with Crippen LogP contribution in [0.5, 0.6) is 0 Å². The fourth-order valence-electron chi connectivity index (χ4n) is 2.30. The standard InChI is InChI=1S/C15H18F2N2O/c1-10-11(6-7-20-10)9-19(2)14(8-18)15-12(16)4-3-5-13(15)17/h3-7,14H,8-9,18H2,1-2H3. The lowest BCUT2D eigenvalue weighted by Crippen LogP contribution is -2.31. The van der Waals surface area contributed by atoms with Gasteiger partial charge in [-0.3, -0.25) is 4.90 Å². The molecule has 0 radical (unpaired) electrons. The Morgan fingerprint density at radius 3 is 2.40 bits per heavy atom. The van der Waals surface area contributed by atoms with Gasteiger partial charge in [-0.25, -0.2) is 8.78 Å². The quantitative estimate of drug-likeness (QED) is 0.915. The maximum atomic E-state index is 13.9. The molecule has 1 unspecified atom stereocenters. The SMILES string of the molecule is Cc1occc1CN(C)C(CN)c1c(F)cccc1F. The average Bonchev–Trinajstić information content (AvgIpc) is 2.79. The molecule has 2 N–H and O–H groups in total. The van der Waals surface area contributed by atoms with Gasteiger partial charge in [-0.05, 0) is 32.2 Å². The Bertz CT molecular complexity index is 563. The van der Waals surface area contributed by atoms with Crippen molar-refractivity contribution in [3.05, 3.63) is 59.1 Å². The van der Waals surface area contributed by atoms with Crippen LogP contribution in [0.15, 0.2) is 34.9 Å². The summed E-state index contributed by atoms with van der Waals surface area (Å²) in [5, 5.41) is 0. The van der Waals surface area contributed by atoms with Gasteiger partial charge in [0, 0.05) is 24.2 Å². The number of hydrogen-bond donors (Lipinski definition) is 1. The second kappa shape index (κ2) is 6.15. The molecule has 0 saturated heterocycles. The molecule has 0 spiro atoms. The van der Waals surface area contributed by atoms with Crippen molar-refractivity contribution in [3.8, 4) is 0 Å². The van der Waals surface area contributed by atoms with Crippen LogP contribution in [0.1, 0.15) is 22.9 Å². The predicted molar refractivity (Wildman–Crippen MR) is 73.1 cm³/mol. The molecule has 2 aromatic rings. The third-order valence-electron chi connectivity index (χ3n) is 3.47. The Balaban J connectivity index is 2.26. The van der Waals surface area contributed by atoms with Gasteiger partial charge >= 0.3 is 0 Å². The molecule has 0 fully saturated rings. The highest BCUT2D eigenvalue weighted by Crippen LogP contribution is 2.26. The van der Waals surface area contributed by atoms with Crippen LogP contribution in [0, 0.1) is 18.6 Å². The molecular formula is C15H18F2N2O. The van der Waals surface area contributed by atoms with E-state index in [2.05, 4.69) is 0 Å². The molecule has 1 atom stereocenters. The van der Waals surface area contributed by atoms with Crippen LogP contribution in [0.3, 0.4) is 0 Å². The first-order valence-electron chi connectivity index (χ1n) is 6.41. The third-order valence-corrected chi connectivity index (χ3v) is 3.47. The second-order valence-electron chi connectivity index (χ2n) is 4.80. The van der Waals surface area contributed by atoms with Crippen LogP contribution < -0.4 is 5.73 Å². The second-order valence-corrected chi connectivity index (χ2v) is 4.80. The van der Waals surface area contributed by atoms with E-state index < -0.39 is 17.7 Å². The highest BCUT2D eigenvalue weighted by Gasteiger charge is 2.23. The van der Waals surface area contributed by atoms with Gasteiger partial charge in [-0.1, -0.05) is 6.07 Å². The first-order chi connectivity index (χ1) is 9.54. The summed E-state index contributed by atoms with van der Waals surface area (Å²) in [6.07, 6.45) is 1.60. The summed E-state index contributed by atoms with van der Waals surface area (Å²) in [4.78, 5) is 1.82. The van der Waals surface area contributed by atoms with E-state index in [1.54, 1.807) is 13.3 Å². The Morgan fingerprint density at radius 2 is 1.90 bits per heavy atom. The number of likely N-dealkylation sites (N-methyl/N-ethyl adjacent to an activating group) is 1. The van der Waals surface area contributed by atoms with E-state index in [1.165, 1.54) is 18.2 Å². The van der Waals surface area contributed by atoms with E-state index in [0.717, 1.165) is 11.3 Å². The van der Waals surface area contributed by atoms with Gasteiger partial charge < -0.3 is 10.2 Å². The van der Waals surface area contributed by atoms with Crippen molar-refractivity contribution in [3.63, 3.8) is 0 Å². The summed E-state index contributed by atoms with van der Waals surface area (Å²) in [6, 6.07) is 5.17. The third kappa shape index (κ3) is 2.89. The number of nitrogens with zero attached hydrogens (tertiary/aromatic N) is 1. The molecule has 1 aromatic heterocycles. The minimum Gasteiger partial charge on any atom is -0.469 e. The number of halogens is 2. The first kappa shape index (κ1) is 14.7. The Labute approximate surface area is 117 Å². The molecule has 108 valence electrons. The zero-order valence-electron chi connectivity index (χ0n) is 11.6. The van der Waals surface area contributed by atoms with Gasteiger partial charge in [0.2, 0.25) is 0 Å². The Kier molecular flexibility index (Phi) is 4.52. The topological polar surface area (TPSA) is 42.4 Å². The molecule has 0 saturated carbocycles. The summed E-state index contributed by atoms with van der Waals surface area (Å²) < 4.78 is 33.0. The van der Waals surface area contributed by atoms with E-state index in [1.807, 2.05) is 17.9 Å². The molecule has 1 heterocycles. The van der Waals surface area contributed by atoms with Crippen molar-refractivity contribution in [2.24, 2.45) is 5.73 Å². The maximum Gasteiger partial charge on any atom is 0.130 e. The summed E-state index contributed by atoms with van der Waals surface area (Å²) in [5.41, 5.74) is 6.70. The highest BCUT2D eigenvalue weighted by molar-refractivity contribution is 5.24. The lowest BCUT2D eigenvalue weighted by Gasteiger charge is -2.27. The van der Waals surface area contributed by atoms with Crippen molar-refractivity contribution < 1.29 is 13.2 Å². The molecule has 0 aliphatic rings. The molecule has 2 rings (SSSR count). The van der Waals surface area contributed by atoms with Crippen molar-refractivity contribution >= 4 is 0 Å². The molecular weight excluding hydrogens is 262 g/mol. The van der Waals surface area contributed by atoms with E-state index in [0.29, 0.717) is 6.54 Å². The minimum absolute atomic E-state index is 0.0126. The van der Waals surface area contributed by atoms with Gasteiger partial charge in [0.1, 0.15) is 17.4 Å². The van der Waals surface area contributed by atoms with Crippen molar-refractivity contribution in [1.29, 1.82) is 0 Å². The van der Waals surface area contributed by atoms with Crippen LogP contribution in [0.2, 0.25) is 0 Å². The minimum atomic E-state index is -0.573. The molecule has 5 heteroatoms. The van der Waals surface area contributed by atoms with Gasteiger partial charge in [-0.2, -0.15) is 0 Å². The van der Waals surface area contributed by atoms with E-state index >= 15 is 0 Å². The van der Waals surface area contributed by atoms with Crippen molar-refractivity contribution in [2.45, 2.75) is 19.5 Å². The molecule has 3 nitrogen and oxygen atoms in total. The Morgan fingerprint density at radius 1 is 1.25 bits per heavy atom. The smallest absolute Gasteiger partial charge is 0.130 e. The number of furan rings is 1. The van der Waals surface area contributed by atoms with Gasteiger partial charge in [0.15, 0.2) is 0 Å². The zero-order valence-corrected chi connectivity index (χ0v) is 11.6. The van der Waals surface area contributed by atoms with Crippen molar-refractivity contribution in [1.82, 2.24) is 4.90 Å². The van der Waals surface area contributed by atoms with Crippen LogP contribution in [-0.4, -0.2) is 18.5 Å². The van der Waals surface area contributed by atoms with Crippen LogP contribution in [0.4, 0.5) is 8.78 Å². The summed E-state index contributed by atoms with van der Waals surface area (Å²) in [5.74, 6) is -0.353. The first-order valence-corrected chi connectivity index (χ1v) is 6.41. The number of aryl methyl sites for hydroxylation is 1. The normalized spacial score (nSPS) is 12.9. The van der Waals surface area contributed by atoms with E-state index in [4.69, 9.17) is 10.2 Å². The summed E-state index contributed by atoms with van der Waals surface area (Å²) >= 11 is 0. The monoisotopic (exact) mass is 280 g/mol. The number of nitrogens with two attached hydrogens (primary N) is 1. The fourth-order valence-corrected chi connectivity index (χ4v) is 2.30. The number of hydrogen-bond acceptors (Lipinski definition) is 3. The average molecular weight is 280 g/mol. The predicted octanol–water partition coefficient (Wildman–Crippen LogP) is 3.00. The zero-order chi connectivity index (χ0) is 14.7. The van der Waals surface area contributed by atoms with Gasteiger partial charge in [-0.15, -0.1) is 0 Å². The molecule has 1 aromatic carbocycles. The maximum absolute atomic E-state index is 13.9. The highest BCUT2D eigenvalue weighted by atomic mass is 19.1. The summed E-state index contributed by atoms with van der Waals surface area (Å²) in [6.45, 7) is 2.49. The summed E-state index contributed by atoms with van der Waals surface area (Å²) in [7, 11) is 1.79. The lowest BCUT2D eigenvalue weighted by molar-refractivity contribution is 0.230. The Hall–Kier alpha value is -1.72.